The molecule has 0 aliphatic heterocycles. The highest BCUT2D eigenvalue weighted by atomic mass is 35.5. The Morgan fingerprint density at radius 1 is 1.00 bits per heavy atom. The van der Waals surface area contributed by atoms with E-state index in [1.807, 2.05) is 36.4 Å². The molecule has 0 fully saturated rings. The molecule has 0 saturated carbocycles. The maximum atomic E-state index is 11.3. The van der Waals surface area contributed by atoms with Gasteiger partial charge in [0.25, 0.3) is 0 Å². The van der Waals surface area contributed by atoms with E-state index in [0.29, 0.717) is 5.02 Å². The highest BCUT2D eigenvalue weighted by Gasteiger charge is 2.15. The predicted molar refractivity (Wildman–Crippen MR) is 73.2 cm³/mol. The van der Waals surface area contributed by atoms with E-state index in [4.69, 9.17) is 16.3 Å². The Balaban J connectivity index is 2.39. The summed E-state index contributed by atoms with van der Waals surface area (Å²) >= 11 is 6.20. The molecule has 0 spiro atoms. The topological polar surface area (TPSA) is 43.4 Å². The number of carbonyl (C=O) groups is 2. The van der Waals surface area contributed by atoms with Crippen molar-refractivity contribution in [1.82, 2.24) is 0 Å². The Bertz CT molecular complexity index is 621. The van der Waals surface area contributed by atoms with Gasteiger partial charge in [0.05, 0.1) is 5.02 Å². The number of esters is 1. The quantitative estimate of drug-likeness (QED) is 0.489. The van der Waals surface area contributed by atoms with Crippen molar-refractivity contribution < 1.29 is 14.3 Å². The Morgan fingerprint density at radius 2 is 1.68 bits per heavy atom. The number of benzene rings is 2. The molecule has 2 rings (SSSR count). The van der Waals surface area contributed by atoms with E-state index < -0.39 is 11.8 Å². The van der Waals surface area contributed by atoms with Crippen LogP contribution in [-0.4, -0.2) is 11.8 Å². The molecule has 0 saturated heterocycles. The predicted octanol–water partition coefficient (Wildman–Crippen LogP) is 3.50. The second kappa shape index (κ2) is 5.67. The summed E-state index contributed by atoms with van der Waals surface area (Å²) < 4.78 is 4.95. The first-order chi connectivity index (χ1) is 9.09. The van der Waals surface area contributed by atoms with Crippen molar-refractivity contribution in [1.29, 1.82) is 0 Å². The molecule has 0 atom stereocenters. The van der Waals surface area contributed by atoms with Gasteiger partial charge in [0.1, 0.15) is 0 Å². The molecule has 0 bridgehead atoms. The molecule has 0 amide bonds. The van der Waals surface area contributed by atoms with Crippen molar-refractivity contribution in [2.75, 3.05) is 0 Å². The smallest absolute Gasteiger partial charge is 0.379 e. The molecule has 0 aromatic heterocycles. The zero-order valence-corrected chi connectivity index (χ0v) is 11.0. The molecule has 19 heavy (non-hydrogen) atoms. The Hall–Kier alpha value is -2.13. The summed E-state index contributed by atoms with van der Waals surface area (Å²) in [6, 6.07) is 14.6. The standard InChI is InChI=1S/C15H11ClO3/c1-10(17)15(18)19-13-9-5-8-12(14(13)16)11-6-3-2-4-7-11/h2-9H,1H3. The fraction of sp³-hybridized carbons (Fsp3) is 0.0667. The highest BCUT2D eigenvalue weighted by molar-refractivity contribution is 6.36. The van der Waals surface area contributed by atoms with Crippen LogP contribution in [0.25, 0.3) is 11.1 Å². The largest absolute Gasteiger partial charge is 0.419 e. The lowest BCUT2D eigenvalue weighted by Crippen LogP contribution is -2.17. The van der Waals surface area contributed by atoms with Crippen LogP contribution in [0.2, 0.25) is 5.02 Å². The summed E-state index contributed by atoms with van der Waals surface area (Å²) in [7, 11) is 0. The van der Waals surface area contributed by atoms with Gasteiger partial charge < -0.3 is 4.74 Å². The van der Waals surface area contributed by atoms with Crippen molar-refractivity contribution in [3.8, 4) is 16.9 Å². The van der Waals surface area contributed by atoms with Gasteiger partial charge in [-0.1, -0.05) is 54.1 Å². The van der Waals surface area contributed by atoms with Gasteiger partial charge in [-0.25, -0.2) is 4.79 Å². The second-order valence-electron chi connectivity index (χ2n) is 3.93. The average Bonchev–Trinajstić information content (AvgIpc) is 2.42. The molecule has 4 heteroatoms. The van der Waals surface area contributed by atoms with Crippen LogP contribution in [0.3, 0.4) is 0 Å². The van der Waals surface area contributed by atoms with Gasteiger partial charge in [-0.3, -0.25) is 4.79 Å². The number of rotatable bonds is 3. The van der Waals surface area contributed by atoms with Gasteiger partial charge in [-0.2, -0.15) is 0 Å². The van der Waals surface area contributed by atoms with Crippen molar-refractivity contribution in [2.45, 2.75) is 6.92 Å². The Morgan fingerprint density at radius 3 is 2.32 bits per heavy atom. The number of hydrogen-bond acceptors (Lipinski definition) is 3. The molecule has 0 heterocycles. The maximum Gasteiger partial charge on any atom is 0.379 e. The van der Waals surface area contributed by atoms with Crippen molar-refractivity contribution in [3.05, 3.63) is 53.6 Å². The molecule has 3 nitrogen and oxygen atoms in total. The lowest BCUT2D eigenvalue weighted by Gasteiger charge is -2.09. The van der Waals surface area contributed by atoms with Crippen LogP contribution in [0.5, 0.6) is 5.75 Å². The van der Waals surface area contributed by atoms with E-state index >= 15 is 0 Å². The van der Waals surface area contributed by atoms with Gasteiger partial charge >= 0.3 is 5.97 Å². The van der Waals surface area contributed by atoms with Crippen LogP contribution in [0.15, 0.2) is 48.5 Å². The SMILES string of the molecule is CC(=O)C(=O)Oc1cccc(-c2ccccc2)c1Cl. The Kier molecular flexibility index (Phi) is 3.97. The lowest BCUT2D eigenvalue weighted by atomic mass is 10.1. The minimum absolute atomic E-state index is 0.184. The molecular weight excluding hydrogens is 264 g/mol. The van der Waals surface area contributed by atoms with Gasteiger partial charge in [0.15, 0.2) is 5.75 Å². The summed E-state index contributed by atoms with van der Waals surface area (Å²) in [6.45, 7) is 1.15. The van der Waals surface area contributed by atoms with E-state index in [2.05, 4.69) is 0 Å². The fourth-order valence-corrected chi connectivity index (χ4v) is 1.88. The second-order valence-corrected chi connectivity index (χ2v) is 4.31. The van der Waals surface area contributed by atoms with Crippen LogP contribution in [0.1, 0.15) is 6.92 Å². The van der Waals surface area contributed by atoms with E-state index in [1.165, 1.54) is 0 Å². The van der Waals surface area contributed by atoms with Crippen LogP contribution in [0, 0.1) is 0 Å². The molecule has 0 aliphatic carbocycles. The first-order valence-electron chi connectivity index (χ1n) is 5.66. The fourth-order valence-electron chi connectivity index (χ4n) is 1.60. The minimum atomic E-state index is -0.924. The van der Waals surface area contributed by atoms with E-state index in [9.17, 15) is 9.59 Å². The molecule has 0 aliphatic rings. The first-order valence-corrected chi connectivity index (χ1v) is 6.04. The zero-order chi connectivity index (χ0) is 13.8. The number of Topliss-reactive ketones (excluding diaryl/α,β-unsaturated/α-hetero) is 1. The molecular formula is C15H11ClO3. The third-order valence-corrected chi connectivity index (χ3v) is 2.93. The molecule has 2 aromatic rings. The van der Waals surface area contributed by atoms with Gasteiger partial charge in [-0.15, -0.1) is 0 Å². The third-order valence-electron chi connectivity index (χ3n) is 2.54. The number of hydrogen-bond donors (Lipinski definition) is 0. The monoisotopic (exact) mass is 274 g/mol. The average molecular weight is 275 g/mol. The Labute approximate surface area is 115 Å². The van der Waals surface area contributed by atoms with Crippen LogP contribution >= 0.6 is 11.6 Å². The van der Waals surface area contributed by atoms with Gasteiger partial charge in [0, 0.05) is 12.5 Å². The maximum absolute atomic E-state index is 11.3. The first kappa shape index (κ1) is 13.3. The third kappa shape index (κ3) is 3.01. The summed E-state index contributed by atoms with van der Waals surface area (Å²) in [5, 5.41) is 0.309. The van der Waals surface area contributed by atoms with Crippen LogP contribution < -0.4 is 4.74 Å². The van der Waals surface area contributed by atoms with Crippen LogP contribution in [0.4, 0.5) is 0 Å². The number of halogens is 1. The normalized spacial score (nSPS) is 10.0. The van der Waals surface area contributed by atoms with Gasteiger partial charge in [-0.05, 0) is 11.6 Å². The highest BCUT2D eigenvalue weighted by Crippen LogP contribution is 2.35. The number of ketones is 1. The molecule has 2 aromatic carbocycles. The van der Waals surface area contributed by atoms with E-state index in [0.717, 1.165) is 18.1 Å². The van der Waals surface area contributed by atoms with Crippen LogP contribution in [-0.2, 0) is 9.59 Å². The molecule has 0 N–H and O–H groups in total. The van der Waals surface area contributed by atoms with Gasteiger partial charge in [0.2, 0.25) is 5.78 Å². The summed E-state index contributed by atoms with van der Waals surface area (Å²) in [5.74, 6) is -1.41. The molecule has 0 unspecified atom stereocenters. The molecule has 96 valence electrons. The summed E-state index contributed by atoms with van der Waals surface area (Å²) in [5.41, 5.74) is 1.66. The summed E-state index contributed by atoms with van der Waals surface area (Å²) in [6.07, 6.45) is 0. The van der Waals surface area contributed by atoms with E-state index in [-0.39, 0.29) is 5.75 Å². The minimum Gasteiger partial charge on any atom is -0.419 e. The lowest BCUT2D eigenvalue weighted by molar-refractivity contribution is -0.146. The number of carbonyl (C=O) groups excluding carboxylic acids is 2. The number of ether oxygens (including phenoxy) is 1. The van der Waals surface area contributed by atoms with Crippen molar-refractivity contribution in [3.63, 3.8) is 0 Å². The van der Waals surface area contributed by atoms with E-state index in [1.54, 1.807) is 12.1 Å². The van der Waals surface area contributed by atoms with Crippen molar-refractivity contribution >= 4 is 23.4 Å². The zero-order valence-electron chi connectivity index (χ0n) is 10.2. The molecule has 0 radical (unpaired) electrons. The van der Waals surface area contributed by atoms with Crippen molar-refractivity contribution in [2.24, 2.45) is 0 Å². The summed E-state index contributed by atoms with van der Waals surface area (Å²) in [4.78, 5) is 22.2.